The van der Waals surface area contributed by atoms with Gasteiger partial charge in [0.25, 0.3) is 0 Å². The summed E-state index contributed by atoms with van der Waals surface area (Å²) in [6.45, 7) is 9.39. The van der Waals surface area contributed by atoms with Crippen molar-refractivity contribution in [1.82, 2.24) is 0 Å². The predicted molar refractivity (Wildman–Crippen MR) is 114 cm³/mol. The van der Waals surface area contributed by atoms with Crippen molar-refractivity contribution in [3.05, 3.63) is 12.2 Å². The van der Waals surface area contributed by atoms with Crippen molar-refractivity contribution in [3.8, 4) is 0 Å². The van der Waals surface area contributed by atoms with Crippen LogP contribution in [0.4, 0.5) is 0 Å². The molecule has 0 aromatic heterocycles. The molecule has 0 saturated heterocycles. The maximum atomic E-state index is 13.0. The number of hydrogen-bond donors (Lipinski definition) is 0. The highest BCUT2D eigenvalue weighted by atomic mass is 16.6. The third kappa shape index (κ3) is 4.19. The van der Waals surface area contributed by atoms with Crippen LogP contribution >= 0.6 is 0 Å². The van der Waals surface area contributed by atoms with Crippen LogP contribution in [0.2, 0.25) is 0 Å². The SMILES string of the molecule is C=C(C)C(=O)OC12CC3CC(C1)CC(OC(C)C(=O)OC1(CC)CCCCC1)(C3)C2. The van der Waals surface area contributed by atoms with Crippen LogP contribution in [-0.4, -0.2) is 34.8 Å². The zero-order valence-corrected chi connectivity index (χ0v) is 19.0. The van der Waals surface area contributed by atoms with Gasteiger partial charge in [-0.2, -0.15) is 0 Å². The average Bonchev–Trinajstić information content (AvgIpc) is 2.66. The quantitative estimate of drug-likeness (QED) is 0.417. The molecule has 30 heavy (non-hydrogen) atoms. The summed E-state index contributed by atoms with van der Waals surface area (Å²) in [5.74, 6) is 0.449. The van der Waals surface area contributed by atoms with E-state index in [0.29, 0.717) is 23.8 Å². The van der Waals surface area contributed by atoms with E-state index in [2.05, 4.69) is 13.5 Å². The fourth-order valence-corrected chi connectivity index (χ4v) is 7.08. The van der Waals surface area contributed by atoms with E-state index in [0.717, 1.165) is 57.8 Å². The molecule has 5 rings (SSSR count). The van der Waals surface area contributed by atoms with Crippen molar-refractivity contribution in [2.75, 3.05) is 0 Å². The zero-order chi connectivity index (χ0) is 21.6. The number of carbonyl (C=O) groups is 2. The van der Waals surface area contributed by atoms with Gasteiger partial charge in [-0.15, -0.1) is 0 Å². The fraction of sp³-hybridized carbons (Fsp3) is 0.840. The minimum atomic E-state index is -0.597. The number of hydrogen-bond acceptors (Lipinski definition) is 5. The molecule has 3 unspecified atom stereocenters. The molecule has 5 saturated carbocycles. The molecule has 0 aromatic rings. The molecule has 0 radical (unpaired) electrons. The molecule has 0 aromatic carbocycles. The Morgan fingerprint density at radius 2 is 1.60 bits per heavy atom. The molecule has 0 spiro atoms. The maximum absolute atomic E-state index is 13.0. The Morgan fingerprint density at radius 3 is 2.17 bits per heavy atom. The summed E-state index contributed by atoms with van der Waals surface area (Å²) in [5.41, 5.74) is -0.719. The Hall–Kier alpha value is -1.36. The monoisotopic (exact) mass is 418 g/mol. The molecule has 3 atom stereocenters. The van der Waals surface area contributed by atoms with Gasteiger partial charge in [0.15, 0.2) is 6.10 Å². The maximum Gasteiger partial charge on any atom is 0.335 e. The second-order valence-corrected chi connectivity index (χ2v) is 10.8. The van der Waals surface area contributed by atoms with Gasteiger partial charge >= 0.3 is 11.9 Å². The van der Waals surface area contributed by atoms with Crippen LogP contribution in [-0.2, 0) is 23.8 Å². The summed E-state index contributed by atoms with van der Waals surface area (Å²) in [6, 6.07) is 0. The van der Waals surface area contributed by atoms with Gasteiger partial charge in [0.2, 0.25) is 0 Å². The molecule has 5 aliphatic carbocycles. The van der Waals surface area contributed by atoms with E-state index in [-0.39, 0.29) is 23.1 Å². The van der Waals surface area contributed by atoms with Gasteiger partial charge in [0, 0.05) is 12.0 Å². The van der Waals surface area contributed by atoms with Crippen molar-refractivity contribution in [2.45, 2.75) is 121 Å². The largest absolute Gasteiger partial charge is 0.457 e. The van der Waals surface area contributed by atoms with E-state index in [4.69, 9.17) is 14.2 Å². The van der Waals surface area contributed by atoms with Crippen LogP contribution in [0.3, 0.4) is 0 Å². The molecule has 5 heteroatoms. The Bertz CT molecular complexity index is 690. The minimum Gasteiger partial charge on any atom is -0.457 e. The summed E-state index contributed by atoms with van der Waals surface area (Å²) in [6.07, 6.45) is 11.2. The molecule has 5 fully saturated rings. The Morgan fingerprint density at radius 1 is 1.00 bits per heavy atom. The molecule has 0 heterocycles. The first kappa shape index (κ1) is 21.9. The third-order valence-electron chi connectivity index (χ3n) is 8.10. The molecule has 0 aliphatic heterocycles. The molecule has 4 bridgehead atoms. The van der Waals surface area contributed by atoms with E-state index < -0.39 is 11.7 Å². The van der Waals surface area contributed by atoms with E-state index in [9.17, 15) is 9.59 Å². The van der Waals surface area contributed by atoms with Gasteiger partial charge in [0.1, 0.15) is 11.2 Å². The van der Waals surface area contributed by atoms with Gasteiger partial charge in [0.05, 0.1) is 5.60 Å². The van der Waals surface area contributed by atoms with Crippen LogP contribution in [0.25, 0.3) is 0 Å². The fourth-order valence-electron chi connectivity index (χ4n) is 7.08. The molecule has 0 amide bonds. The highest BCUT2D eigenvalue weighted by molar-refractivity contribution is 5.87. The lowest BCUT2D eigenvalue weighted by atomic mass is 9.52. The highest BCUT2D eigenvalue weighted by Gasteiger charge is 2.61. The molecule has 5 aliphatic rings. The Balaban J connectivity index is 1.45. The first-order valence-corrected chi connectivity index (χ1v) is 12.0. The second kappa shape index (κ2) is 7.96. The topological polar surface area (TPSA) is 61.8 Å². The van der Waals surface area contributed by atoms with Crippen LogP contribution in [0.15, 0.2) is 12.2 Å². The summed E-state index contributed by atoms with van der Waals surface area (Å²) < 4.78 is 18.6. The van der Waals surface area contributed by atoms with Gasteiger partial charge < -0.3 is 14.2 Å². The van der Waals surface area contributed by atoms with E-state index in [1.165, 1.54) is 12.8 Å². The minimum absolute atomic E-state index is 0.234. The van der Waals surface area contributed by atoms with Crippen molar-refractivity contribution < 1.29 is 23.8 Å². The predicted octanol–water partition coefficient (Wildman–Crippen LogP) is 5.26. The summed E-state index contributed by atoms with van der Waals surface area (Å²) in [5, 5.41) is 0. The smallest absolute Gasteiger partial charge is 0.335 e. The average molecular weight is 419 g/mol. The lowest BCUT2D eigenvalue weighted by molar-refractivity contribution is -0.247. The van der Waals surface area contributed by atoms with E-state index >= 15 is 0 Å². The van der Waals surface area contributed by atoms with Crippen molar-refractivity contribution >= 4 is 11.9 Å². The molecular formula is C25H38O5. The third-order valence-corrected chi connectivity index (χ3v) is 8.10. The van der Waals surface area contributed by atoms with Crippen molar-refractivity contribution in [3.63, 3.8) is 0 Å². The summed E-state index contributed by atoms with van der Waals surface area (Å²) in [4.78, 5) is 25.3. The second-order valence-electron chi connectivity index (χ2n) is 10.8. The lowest BCUT2D eigenvalue weighted by Gasteiger charge is -2.61. The molecule has 168 valence electrons. The number of carbonyl (C=O) groups excluding carboxylic acids is 2. The molecule has 0 N–H and O–H groups in total. The first-order chi connectivity index (χ1) is 14.2. The van der Waals surface area contributed by atoms with Crippen LogP contribution < -0.4 is 0 Å². The van der Waals surface area contributed by atoms with E-state index in [1.54, 1.807) is 6.92 Å². The Labute approximate surface area is 180 Å². The lowest BCUT2D eigenvalue weighted by Crippen LogP contribution is -2.62. The van der Waals surface area contributed by atoms with E-state index in [1.807, 2.05) is 6.92 Å². The van der Waals surface area contributed by atoms with Gasteiger partial charge in [-0.1, -0.05) is 19.9 Å². The van der Waals surface area contributed by atoms with Gasteiger partial charge in [-0.3, -0.25) is 0 Å². The van der Waals surface area contributed by atoms with Crippen LogP contribution in [0, 0.1) is 11.8 Å². The standard InChI is InChI=1S/C25H38O5/c1-5-23(9-7-6-8-10-23)30-22(27)18(4)28-24-12-19-11-20(13-24)15-25(14-19,16-24)29-21(26)17(2)3/h18-20H,2,5-16H2,1,3-4H3. The number of rotatable bonds is 7. The molecule has 5 nitrogen and oxygen atoms in total. The first-order valence-electron chi connectivity index (χ1n) is 12.0. The van der Waals surface area contributed by atoms with Gasteiger partial charge in [-0.05, 0) is 89.9 Å². The normalized spacial score (nSPS) is 37.4. The van der Waals surface area contributed by atoms with Crippen LogP contribution in [0.5, 0.6) is 0 Å². The van der Waals surface area contributed by atoms with Gasteiger partial charge in [-0.25, -0.2) is 9.59 Å². The summed E-state index contributed by atoms with van der Waals surface area (Å²) >= 11 is 0. The number of esters is 2. The molecular weight excluding hydrogens is 380 g/mol. The highest BCUT2D eigenvalue weighted by Crippen LogP contribution is 2.60. The Kier molecular flexibility index (Phi) is 5.80. The van der Waals surface area contributed by atoms with Crippen molar-refractivity contribution in [1.29, 1.82) is 0 Å². The number of ether oxygens (including phenoxy) is 3. The zero-order valence-electron chi connectivity index (χ0n) is 19.0. The summed E-state index contributed by atoms with van der Waals surface area (Å²) in [7, 11) is 0. The van der Waals surface area contributed by atoms with Crippen molar-refractivity contribution in [2.24, 2.45) is 11.8 Å². The van der Waals surface area contributed by atoms with Crippen LogP contribution in [0.1, 0.15) is 97.8 Å².